The Morgan fingerprint density at radius 2 is 1.06 bits per heavy atom. The zero-order chi connectivity index (χ0) is 14.0. The van der Waals surface area contributed by atoms with Crippen molar-refractivity contribution < 1.29 is 0 Å². The Labute approximate surface area is 116 Å². The Hall–Kier alpha value is -0.209. The van der Waals surface area contributed by atoms with Gasteiger partial charge >= 0.3 is 0 Å². The number of hydrogen-bond donors (Lipinski definition) is 2. The number of hydrogen-bond acceptors (Lipinski definition) is 2. The largest absolute Gasteiger partial charge is 0.344 e. The van der Waals surface area contributed by atoms with Gasteiger partial charge in [-0.2, -0.15) is 0 Å². The Morgan fingerprint density at radius 1 is 0.667 bits per heavy atom. The molecule has 0 aromatic heterocycles. The van der Waals surface area contributed by atoms with Gasteiger partial charge in [-0.25, -0.2) is 0 Å². The van der Waals surface area contributed by atoms with Crippen molar-refractivity contribution in [1.29, 1.82) is 0 Å². The summed E-state index contributed by atoms with van der Waals surface area (Å²) in [6.45, 7) is 16.7. The summed E-state index contributed by atoms with van der Waals surface area (Å²) in [5, 5.41) is 1.47. The zero-order valence-electron chi connectivity index (χ0n) is 12.9. The van der Waals surface area contributed by atoms with Gasteiger partial charge in [-0.05, 0) is 11.7 Å². The molecule has 1 aromatic carbocycles. The van der Waals surface area contributed by atoms with Crippen LogP contribution < -0.4 is 14.5 Å². The molecule has 0 aliphatic heterocycles. The van der Waals surface area contributed by atoms with Gasteiger partial charge in [-0.1, -0.05) is 69.6 Å². The predicted octanol–water partition coefficient (Wildman–Crippen LogP) is 2.81. The fourth-order valence-corrected chi connectivity index (χ4v) is 17.3. The van der Waals surface area contributed by atoms with Gasteiger partial charge in [0.2, 0.25) is 8.40 Å². The maximum absolute atomic E-state index is 4.01. The Kier molecular flexibility index (Phi) is 4.77. The van der Waals surface area contributed by atoms with E-state index in [-0.39, 0.29) is 0 Å². The molecule has 0 amide bonds. The minimum atomic E-state index is -1.77. The summed E-state index contributed by atoms with van der Waals surface area (Å²) in [4.78, 5) is 0. The van der Waals surface area contributed by atoms with Gasteiger partial charge in [0.25, 0.3) is 0 Å². The van der Waals surface area contributed by atoms with Gasteiger partial charge in [0.1, 0.15) is 16.5 Å². The molecular formula is C13H28N2Si3. The lowest BCUT2D eigenvalue weighted by Gasteiger charge is -2.40. The highest BCUT2D eigenvalue weighted by molar-refractivity contribution is 7.02. The van der Waals surface area contributed by atoms with Gasteiger partial charge in [0.15, 0.2) is 0 Å². The number of rotatable bonds is 5. The van der Waals surface area contributed by atoms with Crippen LogP contribution >= 0.6 is 0 Å². The van der Waals surface area contributed by atoms with E-state index in [2.05, 4.69) is 85.5 Å². The maximum Gasteiger partial charge on any atom is 0.217 e. The second-order valence-corrected chi connectivity index (χ2v) is 21.1. The molecular weight excluding hydrogens is 268 g/mol. The topological polar surface area (TPSA) is 24.1 Å². The van der Waals surface area contributed by atoms with Crippen LogP contribution in [0, 0.1) is 0 Å². The molecule has 2 nitrogen and oxygen atoms in total. The molecule has 0 saturated carbocycles. The van der Waals surface area contributed by atoms with Gasteiger partial charge in [-0.3, -0.25) is 0 Å². The van der Waals surface area contributed by atoms with E-state index in [1.807, 2.05) is 0 Å². The van der Waals surface area contributed by atoms with Crippen LogP contribution in [0.1, 0.15) is 0 Å². The number of benzene rings is 1. The minimum absolute atomic E-state index is 1.30. The summed E-state index contributed by atoms with van der Waals surface area (Å²) >= 11 is 0. The molecule has 0 saturated heterocycles. The molecule has 102 valence electrons. The zero-order valence-corrected chi connectivity index (χ0v) is 15.9. The third-order valence-electron chi connectivity index (χ3n) is 2.60. The highest BCUT2D eigenvalue weighted by Crippen LogP contribution is 2.08. The van der Waals surface area contributed by atoms with Crippen molar-refractivity contribution in [2.24, 2.45) is 0 Å². The van der Waals surface area contributed by atoms with Crippen LogP contribution in [0.3, 0.4) is 0 Å². The molecule has 18 heavy (non-hydrogen) atoms. The monoisotopic (exact) mass is 296 g/mol. The Bertz CT molecular complexity index is 363. The predicted molar refractivity (Wildman–Crippen MR) is 90.7 cm³/mol. The van der Waals surface area contributed by atoms with Crippen molar-refractivity contribution in [3.63, 3.8) is 0 Å². The Balaban J connectivity index is 3.09. The normalized spacial score (nSPS) is 13.7. The van der Waals surface area contributed by atoms with Crippen molar-refractivity contribution in [2.75, 3.05) is 0 Å². The average molecular weight is 297 g/mol. The first-order chi connectivity index (χ1) is 8.02. The van der Waals surface area contributed by atoms with Crippen LogP contribution in [0.5, 0.6) is 0 Å². The van der Waals surface area contributed by atoms with E-state index in [4.69, 9.17) is 0 Å². The van der Waals surface area contributed by atoms with E-state index in [0.717, 1.165) is 0 Å². The van der Waals surface area contributed by atoms with Gasteiger partial charge < -0.3 is 9.30 Å². The average Bonchev–Trinajstić information content (AvgIpc) is 2.13. The smallest absolute Gasteiger partial charge is 0.217 e. The molecule has 0 radical (unpaired) electrons. The van der Waals surface area contributed by atoms with E-state index in [1.165, 1.54) is 5.19 Å². The van der Waals surface area contributed by atoms with Crippen LogP contribution in [0.2, 0.25) is 45.8 Å². The first-order valence-corrected chi connectivity index (χ1v) is 16.2. The maximum atomic E-state index is 4.01. The molecule has 5 heteroatoms. The lowest BCUT2D eigenvalue weighted by Crippen LogP contribution is -2.77. The molecule has 0 heterocycles. The van der Waals surface area contributed by atoms with Gasteiger partial charge in [0.05, 0.1) is 0 Å². The lowest BCUT2D eigenvalue weighted by molar-refractivity contribution is 1.20. The fourth-order valence-electron chi connectivity index (χ4n) is 2.45. The summed E-state index contributed by atoms with van der Waals surface area (Å²) in [6.07, 6.45) is 0. The van der Waals surface area contributed by atoms with E-state index < -0.39 is 24.9 Å². The van der Waals surface area contributed by atoms with Crippen molar-refractivity contribution in [2.45, 2.75) is 45.8 Å². The third kappa shape index (κ3) is 5.19. The van der Waals surface area contributed by atoms with E-state index in [9.17, 15) is 0 Å². The van der Waals surface area contributed by atoms with Crippen molar-refractivity contribution in [3.8, 4) is 0 Å². The first-order valence-electron chi connectivity index (χ1n) is 6.66. The van der Waals surface area contributed by atoms with Crippen LogP contribution in [-0.4, -0.2) is 24.9 Å². The molecule has 0 atom stereocenters. The highest BCUT2D eigenvalue weighted by Gasteiger charge is 2.37. The quantitative estimate of drug-likeness (QED) is 0.817. The Morgan fingerprint density at radius 3 is 1.39 bits per heavy atom. The van der Waals surface area contributed by atoms with E-state index >= 15 is 0 Å². The van der Waals surface area contributed by atoms with Crippen LogP contribution in [0.25, 0.3) is 0 Å². The molecule has 2 N–H and O–H groups in total. The lowest BCUT2D eigenvalue weighted by atomic mass is 10.4. The molecule has 0 aliphatic carbocycles. The van der Waals surface area contributed by atoms with Gasteiger partial charge in [-0.15, -0.1) is 0 Å². The first kappa shape index (κ1) is 15.8. The summed E-state index contributed by atoms with van der Waals surface area (Å²) in [7, 11) is -4.38. The van der Waals surface area contributed by atoms with Crippen LogP contribution in [0.4, 0.5) is 0 Å². The highest BCUT2D eigenvalue weighted by atomic mass is 28.4. The van der Waals surface area contributed by atoms with Crippen molar-refractivity contribution in [3.05, 3.63) is 30.3 Å². The minimum Gasteiger partial charge on any atom is -0.344 e. The summed E-state index contributed by atoms with van der Waals surface area (Å²) in [5.41, 5.74) is 0. The second kappa shape index (κ2) is 5.42. The summed E-state index contributed by atoms with van der Waals surface area (Å²) < 4.78 is 8.01. The third-order valence-corrected chi connectivity index (χ3v) is 14.1. The fraction of sp³-hybridized carbons (Fsp3) is 0.538. The van der Waals surface area contributed by atoms with Crippen molar-refractivity contribution >= 4 is 30.1 Å². The van der Waals surface area contributed by atoms with Crippen molar-refractivity contribution in [1.82, 2.24) is 9.30 Å². The molecule has 0 aliphatic rings. The summed E-state index contributed by atoms with van der Waals surface area (Å²) in [5.74, 6) is 0. The standard InChI is InChI=1S/C13H28N2Si3/c1-16(2,3)14-18(7,15-17(4,5)6)13-11-9-8-10-12-13/h8-12,14-15H,1-7H3. The summed E-state index contributed by atoms with van der Waals surface area (Å²) in [6, 6.07) is 10.9. The molecule has 1 rings (SSSR count). The molecule has 0 bridgehead atoms. The SMILES string of the molecule is C[Si](C)(C)N[Si](C)(N[Si](C)(C)C)c1ccccc1. The number of nitrogens with one attached hydrogen (secondary N) is 2. The van der Waals surface area contributed by atoms with E-state index in [1.54, 1.807) is 0 Å². The molecule has 0 fully saturated rings. The van der Waals surface area contributed by atoms with E-state index in [0.29, 0.717) is 0 Å². The van der Waals surface area contributed by atoms with Crippen LogP contribution in [-0.2, 0) is 0 Å². The second-order valence-electron chi connectivity index (χ2n) is 7.24. The van der Waals surface area contributed by atoms with Crippen LogP contribution in [0.15, 0.2) is 30.3 Å². The molecule has 0 unspecified atom stereocenters. The molecule has 1 aromatic rings. The molecule has 0 spiro atoms. The van der Waals surface area contributed by atoms with Gasteiger partial charge in [0, 0.05) is 0 Å².